The minimum Gasteiger partial charge on any atom is -0.493 e. The number of hydrazine groups is 1. The van der Waals surface area contributed by atoms with Gasteiger partial charge in [0.25, 0.3) is 11.8 Å². The molecule has 0 bridgehead atoms. The smallest absolute Gasteiger partial charge is 0.253 e. The second-order valence-corrected chi connectivity index (χ2v) is 8.59. The molecule has 2 aromatic carbocycles. The SMILES string of the molecule is CCCCCC(NNC(=O)CNC(=O)c1ccc(OC)c(OC)c1)c1csc2ccccc12. The van der Waals surface area contributed by atoms with Gasteiger partial charge in [-0.15, -0.1) is 11.3 Å². The fourth-order valence-electron chi connectivity index (χ4n) is 3.62. The van der Waals surface area contributed by atoms with Gasteiger partial charge in [-0.05, 0) is 47.0 Å². The van der Waals surface area contributed by atoms with E-state index in [0.717, 1.165) is 25.7 Å². The number of unbranched alkanes of at least 4 members (excludes halogenated alkanes) is 2. The van der Waals surface area contributed by atoms with Crippen molar-refractivity contribution in [3.8, 4) is 11.5 Å². The first kappa shape index (κ1) is 24.5. The van der Waals surface area contributed by atoms with Gasteiger partial charge in [0, 0.05) is 10.3 Å². The lowest BCUT2D eigenvalue weighted by molar-refractivity contribution is -0.121. The van der Waals surface area contributed by atoms with Crippen LogP contribution in [0.2, 0.25) is 0 Å². The zero-order chi connectivity index (χ0) is 23.6. The van der Waals surface area contributed by atoms with Crippen molar-refractivity contribution in [1.82, 2.24) is 16.2 Å². The largest absolute Gasteiger partial charge is 0.493 e. The molecule has 1 unspecified atom stereocenters. The van der Waals surface area contributed by atoms with E-state index in [1.54, 1.807) is 29.5 Å². The van der Waals surface area contributed by atoms with Crippen LogP contribution in [0, 0.1) is 0 Å². The van der Waals surface area contributed by atoms with Crippen LogP contribution in [0.5, 0.6) is 11.5 Å². The molecule has 1 atom stereocenters. The predicted molar refractivity (Wildman–Crippen MR) is 132 cm³/mol. The molecule has 0 radical (unpaired) electrons. The van der Waals surface area contributed by atoms with Crippen molar-refractivity contribution in [2.45, 2.75) is 38.6 Å². The summed E-state index contributed by atoms with van der Waals surface area (Å²) in [4.78, 5) is 24.9. The van der Waals surface area contributed by atoms with Crippen molar-refractivity contribution in [2.75, 3.05) is 20.8 Å². The predicted octanol–water partition coefficient (Wildman–Crippen LogP) is 4.59. The quantitative estimate of drug-likeness (QED) is 0.267. The molecule has 7 nitrogen and oxygen atoms in total. The molecule has 0 aliphatic rings. The number of ether oxygens (including phenoxy) is 2. The van der Waals surface area contributed by atoms with Crippen molar-refractivity contribution in [2.24, 2.45) is 0 Å². The van der Waals surface area contributed by atoms with Gasteiger partial charge >= 0.3 is 0 Å². The lowest BCUT2D eigenvalue weighted by Gasteiger charge is -2.19. The minimum absolute atomic E-state index is 0.00167. The highest BCUT2D eigenvalue weighted by atomic mass is 32.1. The van der Waals surface area contributed by atoms with E-state index in [2.05, 4.69) is 40.6 Å². The number of hydrogen-bond acceptors (Lipinski definition) is 6. The molecule has 2 amide bonds. The van der Waals surface area contributed by atoms with Crippen LogP contribution in [0.25, 0.3) is 10.1 Å². The number of thiophene rings is 1. The average molecular weight is 470 g/mol. The number of rotatable bonds is 12. The third-order valence-electron chi connectivity index (χ3n) is 5.42. The molecule has 8 heteroatoms. The first-order valence-electron chi connectivity index (χ1n) is 11.1. The van der Waals surface area contributed by atoms with E-state index in [1.807, 2.05) is 12.1 Å². The number of benzene rings is 2. The fraction of sp³-hybridized carbons (Fsp3) is 0.360. The second-order valence-electron chi connectivity index (χ2n) is 7.68. The Bertz CT molecular complexity index is 1080. The Morgan fingerprint density at radius 1 is 1.03 bits per heavy atom. The summed E-state index contributed by atoms with van der Waals surface area (Å²) in [5, 5.41) is 6.00. The Kier molecular flexibility index (Phi) is 9.09. The zero-order valence-corrected chi connectivity index (χ0v) is 20.1. The van der Waals surface area contributed by atoms with Gasteiger partial charge in [0.1, 0.15) is 0 Å². The topological polar surface area (TPSA) is 88.7 Å². The highest BCUT2D eigenvalue weighted by Crippen LogP contribution is 2.32. The normalized spacial score (nSPS) is 11.7. The van der Waals surface area contributed by atoms with Gasteiger partial charge in [-0.25, -0.2) is 5.43 Å². The van der Waals surface area contributed by atoms with Crippen molar-refractivity contribution < 1.29 is 19.1 Å². The maximum atomic E-state index is 12.5. The number of carbonyl (C=O) groups excluding carboxylic acids is 2. The van der Waals surface area contributed by atoms with Gasteiger partial charge in [-0.2, -0.15) is 0 Å². The third-order valence-corrected chi connectivity index (χ3v) is 6.41. The summed E-state index contributed by atoms with van der Waals surface area (Å²) in [5.74, 6) is 0.304. The van der Waals surface area contributed by atoms with Crippen molar-refractivity contribution in [3.63, 3.8) is 0 Å². The van der Waals surface area contributed by atoms with Crippen LogP contribution in [0.4, 0.5) is 0 Å². The standard InChI is InChI=1S/C25H31N3O4S/c1-4-5-6-10-20(19-16-33-23-11-8-7-9-18(19)23)27-28-24(29)15-26-25(30)17-12-13-21(31-2)22(14-17)32-3/h7-9,11-14,16,20,27H,4-6,10,15H2,1-3H3,(H,26,30)(H,28,29). The summed E-state index contributed by atoms with van der Waals surface area (Å²) < 4.78 is 11.6. The van der Waals surface area contributed by atoms with Crippen LogP contribution >= 0.6 is 11.3 Å². The summed E-state index contributed by atoms with van der Waals surface area (Å²) in [5.41, 5.74) is 7.52. The molecule has 3 aromatic rings. The van der Waals surface area contributed by atoms with Gasteiger partial charge in [0.15, 0.2) is 11.5 Å². The van der Waals surface area contributed by atoms with Gasteiger partial charge in [-0.3, -0.25) is 15.0 Å². The van der Waals surface area contributed by atoms with Crippen molar-refractivity contribution in [1.29, 1.82) is 0 Å². The van der Waals surface area contributed by atoms with E-state index in [1.165, 1.54) is 29.9 Å². The number of amides is 2. The highest BCUT2D eigenvalue weighted by Gasteiger charge is 2.17. The lowest BCUT2D eigenvalue weighted by atomic mass is 10.0. The molecule has 33 heavy (non-hydrogen) atoms. The summed E-state index contributed by atoms with van der Waals surface area (Å²) in [6.07, 6.45) is 4.23. The van der Waals surface area contributed by atoms with Gasteiger partial charge in [0.2, 0.25) is 0 Å². The average Bonchev–Trinajstić information content (AvgIpc) is 3.28. The number of hydrogen-bond donors (Lipinski definition) is 3. The summed E-state index contributed by atoms with van der Waals surface area (Å²) in [6, 6.07) is 13.1. The van der Waals surface area contributed by atoms with Crippen molar-refractivity contribution >= 4 is 33.2 Å². The molecule has 3 rings (SSSR count). The van der Waals surface area contributed by atoms with Crippen LogP contribution in [0.3, 0.4) is 0 Å². The van der Waals surface area contributed by atoms with E-state index >= 15 is 0 Å². The first-order chi connectivity index (χ1) is 16.1. The lowest BCUT2D eigenvalue weighted by Crippen LogP contribution is -2.45. The van der Waals surface area contributed by atoms with E-state index in [9.17, 15) is 9.59 Å². The van der Waals surface area contributed by atoms with E-state index in [4.69, 9.17) is 9.47 Å². The number of nitrogens with one attached hydrogen (secondary N) is 3. The number of methoxy groups -OCH3 is 2. The highest BCUT2D eigenvalue weighted by molar-refractivity contribution is 7.17. The molecule has 3 N–H and O–H groups in total. The molecule has 0 saturated heterocycles. The van der Waals surface area contributed by atoms with Crippen LogP contribution in [0.1, 0.15) is 54.6 Å². The van der Waals surface area contributed by atoms with Crippen LogP contribution in [-0.2, 0) is 4.79 Å². The van der Waals surface area contributed by atoms with Gasteiger partial charge < -0.3 is 14.8 Å². The van der Waals surface area contributed by atoms with Gasteiger partial charge in [-0.1, -0.05) is 44.4 Å². The van der Waals surface area contributed by atoms with Crippen molar-refractivity contribution in [3.05, 3.63) is 59.0 Å². The van der Waals surface area contributed by atoms with Crippen LogP contribution < -0.4 is 25.6 Å². The molecule has 0 saturated carbocycles. The Labute approximate surface area is 198 Å². The van der Waals surface area contributed by atoms with E-state index in [-0.39, 0.29) is 24.4 Å². The molecule has 0 aliphatic carbocycles. The zero-order valence-electron chi connectivity index (χ0n) is 19.3. The molecular formula is C25H31N3O4S. The molecule has 176 valence electrons. The number of carbonyl (C=O) groups is 2. The summed E-state index contributed by atoms with van der Waals surface area (Å²) in [7, 11) is 3.04. The van der Waals surface area contributed by atoms with E-state index in [0.29, 0.717) is 17.1 Å². The Balaban J connectivity index is 1.58. The minimum atomic E-state index is -0.366. The molecule has 0 spiro atoms. The molecule has 0 fully saturated rings. The first-order valence-corrected chi connectivity index (χ1v) is 12.0. The second kappa shape index (κ2) is 12.2. The molecule has 1 heterocycles. The number of fused-ring (bicyclic) bond motifs is 1. The monoisotopic (exact) mass is 469 g/mol. The molecule has 1 aromatic heterocycles. The third kappa shape index (κ3) is 6.46. The molecule has 0 aliphatic heterocycles. The van der Waals surface area contributed by atoms with Gasteiger partial charge in [0.05, 0.1) is 26.8 Å². The maximum Gasteiger partial charge on any atom is 0.253 e. The summed E-state index contributed by atoms with van der Waals surface area (Å²) in [6.45, 7) is 2.03. The fourth-order valence-corrected chi connectivity index (χ4v) is 4.64. The Hall–Kier alpha value is -3.10. The molecular weight excluding hydrogens is 438 g/mol. The van der Waals surface area contributed by atoms with Crippen LogP contribution in [0.15, 0.2) is 47.8 Å². The van der Waals surface area contributed by atoms with Crippen LogP contribution in [-0.4, -0.2) is 32.6 Å². The maximum absolute atomic E-state index is 12.5. The van der Waals surface area contributed by atoms with E-state index < -0.39 is 0 Å². The Morgan fingerprint density at radius 3 is 2.58 bits per heavy atom. The summed E-state index contributed by atoms with van der Waals surface area (Å²) >= 11 is 1.70. The Morgan fingerprint density at radius 2 is 1.82 bits per heavy atom.